The molecular formula is C17H23ClN2O3S2. The van der Waals surface area contributed by atoms with Gasteiger partial charge in [0.2, 0.25) is 0 Å². The molecule has 3 rings (SSSR count). The Bertz CT molecular complexity index is 748. The summed E-state index contributed by atoms with van der Waals surface area (Å²) in [6.07, 6.45) is 2.72. The second kappa shape index (κ2) is 7.78. The molecule has 25 heavy (non-hydrogen) atoms. The van der Waals surface area contributed by atoms with Crippen LogP contribution in [-0.4, -0.2) is 55.2 Å². The Hall–Kier alpha value is -0.890. The number of ether oxygens (including phenoxy) is 1. The summed E-state index contributed by atoms with van der Waals surface area (Å²) in [5.41, 5.74) is 1.80. The van der Waals surface area contributed by atoms with E-state index in [-0.39, 0.29) is 23.7 Å². The van der Waals surface area contributed by atoms with Crippen LogP contribution in [0.1, 0.15) is 24.8 Å². The van der Waals surface area contributed by atoms with Crippen LogP contribution in [0.15, 0.2) is 18.2 Å². The normalized spacial score (nSPS) is 25.0. The van der Waals surface area contributed by atoms with Gasteiger partial charge in [-0.25, -0.2) is 8.42 Å². The number of thiocarbonyl (C=S) groups is 1. The van der Waals surface area contributed by atoms with Crippen LogP contribution < -0.4 is 5.32 Å². The molecule has 2 atom stereocenters. The van der Waals surface area contributed by atoms with E-state index in [0.29, 0.717) is 23.1 Å². The molecule has 1 aromatic rings. The molecule has 0 saturated carbocycles. The number of benzene rings is 1. The van der Waals surface area contributed by atoms with Crippen molar-refractivity contribution in [2.45, 2.75) is 38.3 Å². The second-order valence-corrected chi connectivity index (χ2v) is 9.76. The summed E-state index contributed by atoms with van der Waals surface area (Å²) >= 11 is 11.8. The molecule has 5 nitrogen and oxygen atoms in total. The molecule has 0 spiro atoms. The van der Waals surface area contributed by atoms with Crippen LogP contribution in [0.4, 0.5) is 5.69 Å². The first kappa shape index (κ1) is 18.9. The SMILES string of the molecule is Cc1ccc(NC(=S)N(C[C@H]2CCCO2)[C@H]2CCS(=O)(=O)C2)cc1Cl. The van der Waals surface area contributed by atoms with Crippen LogP contribution in [-0.2, 0) is 14.6 Å². The first-order chi connectivity index (χ1) is 11.8. The average molecular weight is 403 g/mol. The van der Waals surface area contributed by atoms with E-state index in [0.717, 1.165) is 30.7 Å². The molecule has 0 unspecified atom stereocenters. The number of aryl methyl sites for hydroxylation is 1. The van der Waals surface area contributed by atoms with E-state index in [1.165, 1.54) is 0 Å². The monoisotopic (exact) mass is 402 g/mol. The zero-order valence-corrected chi connectivity index (χ0v) is 16.6. The van der Waals surface area contributed by atoms with Crippen molar-refractivity contribution in [2.24, 2.45) is 0 Å². The number of hydrogen-bond acceptors (Lipinski definition) is 4. The van der Waals surface area contributed by atoms with Crippen molar-refractivity contribution in [3.63, 3.8) is 0 Å². The van der Waals surface area contributed by atoms with Crippen molar-refractivity contribution in [3.8, 4) is 0 Å². The Morgan fingerprint density at radius 1 is 1.44 bits per heavy atom. The Morgan fingerprint density at radius 3 is 2.84 bits per heavy atom. The van der Waals surface area contributed by atoms with Gasteiger partial charge >= 0.3 is 0 Å². The summed E-state index contributed by atoms with van der Waals surface area (Å²) in [6.45, 7) is 3.32. The van der Waals surface area contributed by atoms with Gasteiger partial charge in [0, 0.05) is 29.9 Å². The van der Waals surface area contributed by atoms with Gasteiger partial charge in [-0.1, -0.05) is 17.7 Å². The molecule has 1 aromatic carbocycles. The smallest absolute Gasteiger partial charge is 0.173 e. The van der Waals surface area contributed by atoms with E-state index < -0.39 is 9.84 Å². The van der Waals surface area contributed by atoms with E-state index >= 15 is 0 Å². The van der Waals surface area contributed by atoms with Gasteiger partial charge in [0.05, 0.1) is 17.6 Å². The minimum absolute atomic E-state index is 0.102. The molecule has 1 N–H and O–H groups in total. The zero-order valence-electron chi connectivity index (χ0n) is 14.2. The van der Waals surface area contributed by atoms with E-state index in [2.05, 4.69) is 5.32 Å². The topological polar surface area (TPSA) is 58.6 Å². The predicted octanol–water partition coefficient (Wildman–Crippen LogP) is 3.01. The number of rotatable bonds is 4. The van der Waals surface area contributed by atoms with Gasteiger partial charge in [-0.05, 0) is 56.1 Å². The Morgan fingerprint density at radius 2 is 2.24 bits per heavy atom. The van der Waals surface area contributed by atoms with Crippen molar-refractivity contribution in [1.82, 2.24) is 4.90 Å². The van der Waals surface area contributed by atoms with Gasteiger partial charge < -0.3 is 15.0 Å². The third kappa shape index (κ3) is 4.84. The second-order valence-electron chi connectivity index (χ2n) is 6.74. The number of nitrogens with one attached hydrogen (secondary N) is 1. The fraction of sp³-hybridized carbons (Fsp3) is 0.588. The summed E-state index contributed by atoms with van der Waals surface area (Å²) in [6, 6.07) is 5.58. The van der Waals surface area contributed by atoms with Crippen LogP contribution in [0.3, 0.4) is 0 Å². The number of nitrogens with zero attached hydrogens (tertiary/aromatic N) is 1. The molecule has 2 saturated heterocycles. The molecule has 2 heterocycles. The zero-order chi connectivity index (χ0) is 18.0. The van der Waals surface area contributed by atoms with E-state index in [1.807, 2.05) is 30.0 Å². The predicted molar refractivity (Wildman–Crippen MR) is 105 cm³/mol. The van der Waals surface area contributed by atoms with Crippen molar-refractivity contribution in [1.29, 1.82) is 0 Å². The molecule has 2 aliphatic rings. The van der Waals surface area contributed by atoms with Gasteiger partial charge in [0.25, 0.3) is 0 Å². The Balaban J connectivity index is 1.74. The highest BCUT2D eigenvalue weighted by Crippen LogP contribution is 2.24. The number of anilines is 1. The number of hydrogen-bond donors (Lipinski definition) is 1. The Labute approximate surface area is 159 Å². The summed E-state index contributed by atoms with van der Waals surface area (Å²) in [7, 11) is -2.98. The molecule has 2 aliphatic heterocycles. The fourth-order valence-electron chi connectivity index (χ4n) is 3.29. The van der Waals surface area contributed by atoms with Gasteiger partial charge in [-0.15, -0.1) is 0 Å². The summed E-state index contributed by atoms with van der Waals surface area (Å²) in [4.78, 5) is 1.99. The molecule has 0 bridgehead atoms. The maximum Gasteiger partial charge on any atom is 0.173 e. The Kier molecular flexibility index (Phi) is 5.88. The fourth-order valence-corrected chi connectivity index (χ4v) is 5.55. The maximum atomic E-state index is 11.9. The maximum absolute atomic E-state index is 11.9. The van der Waals surface area contributed by atoms with Crippen LogP contribution in [0, 0.1) is 6.92 Å². The standard InChI is InChI=1S/C17H23ClN2O3S2/c1-12-4-5-13(9-16(12)18)19-17(24)20(10-15-3-2-7-23-15)14-6-8-25(21,22)11-14/h4-5,9,14-15H,2-3,6-8,10-11H2,1H3,(H,19,24)/t14-,15+/m0/s1. The minimum atomic E-state index is -2.98. The van der Waals surface area contributed by atoms with E-state index in [9.17, 15) is 8.42 Å². The minimum Gasteiger partial charge on any atom is -0.376 e. The third-order valence-corrected chi connectivity index (χ3v) is 7.25. The molecule has 8 heteroatoms. The van der Waals surface area contributed by atoms with Crippen LogP contribution in [0.25, 0.3) is 0 Å². The highest BCUT2D eigenvalue weighted by atomic mass is 35.5. The van der Waals surface area contributed by atoms with Crippen molar-refractivity contribution in [3.05, 3.63) is 28.8 Å². The highest BCUT2D eigenvalue weighted by molar-refractivity contribution is 7.91. The van der Waals surface area contributed by atoms with Crippen molar-refractivity contribution >= 4 is 44.5 Å². The summed E-state index contributed by atoms with van der Waals surface area (Å²) in [5, 5.41) is 4.40. The van der Waals surface area contributed by atoms with Crippen molar-refractivity contribution < 1.29 is 13.2 Å². The average Bonchev–Trinajstić information content (AvgIpc) is 3.17. The lowest BCUT2D eigenvalue weighted by Gasteiger charge is -2.33. The molecule has 138 valence electrons. The van der Waals surface area contributed by atoms with Crippen LogP contribution in [0.5, 0.6) is 0 Å². The van der Waals surface area contributed by atoms with Gasteiger partial charge in [-0.3, -0.25) is 0 Å². The molecule has 0 amide bonds. The molecule has 2 fully saturated rings. The first-order valence-corrected chi connectivity index (χ1v) is 11.1. The third-order valence-electron chi connectivity index (χ3n) is 4.76. The highest BCUT2D eigenvalue weighted by Gasteiger charge is 2.35. The van der Waals surface area contributed by atoms with E-state index in [4.69, 9.17) is 28.6 Å². The molecule has 0 aromatic heterocycles. The number of sulfone groups is 1. The molecule has 0 aliphatic carbocycles. The van der Waals surface area contributed by atoms with Crippen molar-refractivity contribution in [2.75, 3.05) is 30.0 Å². The largest absolute Gasteiger partial charge is 0.376 e. The lowest BCUT2D eigenvalue weighted by atomic mass is 10.1. The quantitative estimate of drug-likeness (QED) is 0.781. The van der Waals surface area contributed by atoms with Gasteiger partial charge in [0.15, 0.2) is 14.9 Å². The van der Waals surface area contributed by atoms with Crippen LogP contribution >= 0.6 is 23.8 Å². The van der Waals surface area contributed by atoms with Crippen LogP contribution in [0.2, 0.25) is 5.02 Å². The lowest BCUT2D eigenvalue weighted by Crippen LogP contribution is -2.47. The van der Waals surface area contributed by atoms with E-state index in [1.54, 1.807) is 0 Å². The first-order valence-electron chi connectivity index (χ1n) is 8.50. The molecular weight excluding hydrogens is 380 g/mol. The summed E-state index contributed by atoms with van der Waals surface area (Å²) in [5.74, 6) is 0.370. The summed E-state index contributed by atoms with van der Waals surface area (Å²) < 4.78 is 29.5. The molecule has 0 radical (unpaired) electrons. The van der Waals surface area contributed by atoms with Gasteiger partial charge in [0.1, 0.15) is 0 Å². The number of halogens is 1. The lowest BCUT2D eigenvalue weighted by molar-refractivity contribution is 0.0851. The van der Waals surface area contributed by atoms with Gasteiger partial charge in [-0.2, -0.15) is 0 Å².